The van der Waals surface area contributed by atoms with Gasteiger partial charge >= 0.3 is 6.85 Å². The van der Waals surface area contributed by atoms with E-state index in [1.54, 1.807) is 0 Å². The van der Waals surface area contributed by atoms with Gasteiger partial charge in [0.1, 0.15) is 0 Å². The Morgan fingerprint density at radius 3 is 1.77 bits per heavy atom. The Morgan fingerprint density at radius 1 is 0.471 bits per heavy atom. The molecule has 14 rings (SSSR count). The first-order valence-corrected chi connectivity index (χ1v) is 26.4. The summed E-state index contributed by atoms with van der Waals surface area (Å²) in [5.41, 5.74) is 26.9. The van der Waals surface area contributed by atoms with Crippen molar-refractivity contribution in [3.8, 4) is 39.1 Å². The van der Waals surface area contributed by atoms with Crippen LogP contribution >= 0.6 is 11.3 Å². The Bertz CT molecular complexity index is 4000. The fourth-order valence-corrected chi connectivity index (χ4v) is 14.8. The van der Waals surface area contributed by atoms with E-state index in [1.165, 1.54) is 142 Å². The van der Waals surface area contributed by atoms with Gasteiger partial charge in [0.15, 0.2) is 0 Å². The zero-order valence-corrected chi connectivity index (χ0v) is 43.9. The van der Waals surface area contributed by atoms with E-state index in [1.807, 2.05) is 11.3 Å². The zero-order chi connectivity index (χ0) is 48.5. The van der Waals surface area contributed by atoms with Crippen LogP contribution in [0.4, 0.5) is 11.4 Å². The first kappa shape index (κ1) is 42.5. The molecule has 70 heavy (non-hydrogen) atoms. The summed E-state index contributed by atoms with van der Waals surface area (Å²) in [5.74, 6) is 0. The molecule has 4 heteroatoms. The van der Waals surface area contributed by atoms with Gasteiger partial charge in [0, 0.05) is 64.4 Å². The second-order valence-corrected chi connectivity index (χ2v) is 26.4. The highest BCUT2D eigenvalue weighted by Gasteiger charge is 2.49. The topological polar surface area (TPSA) is 8.17 Å². The molecule has 2 nitrogen and oxygen atoms in total. The normalized spacial score (nSPS) is 16.0. The van der Waals surface area contributed by atoms with E-state index in [0.717, 1.165) is 0 Å². The minimum atomic E-state index is -0.190. The van der Waals surface area contributed by atoms with Crippen molar-refractivity contribution in [2.45, 2.75) is 117 Å². The third-order valence-electron chi connectivity index (χ3n) is 17.4. The van der Waals surface area contributed by atoms with Crippen molar-refractivity contribution in [3.05, 3.63) is 172 Å². The number of hydrogen-bond acceptors (Lipinski definition) is 2. The second kappa shape index (κ2) is 13.3. The molecule has 4 heterocycles. The van der Waals surface area contributed by atoms with E-state index in [-0.39, 0.29) is 33.9 Å². The highest BCUT2D eigenvalue weighted by molar-refractivity contribution is 7.27. The highest BCUT2D eigenvalue weighted by atomic mass is 32.1. The molecule has 0 fully saturated rings. The standard InChI is InChI=1S/C66H61BN2S/c1-62(2,3)36-22-26-39(27-23-36)69-53-34-49-43(42-30-37(63(4,5)6)24-28-48(42)66(49,12)13)32-46(53)56-57-41-19-15-17-21-55(41)70-61(57)58-45-31-38(64(7,8)9)25-29-52(45)68-54-35-50-44(33-51(54)67(69)59(56)60(58)68)40-18-14-16-20-47(40)65(50,10)11/h14-35H,1-13H3. The molecule has 0 atom stereocenters. The van der Waals surface area contributed by atoms with Crippen LogP contribution in [0, 0.1) is 0 Å². The number of rotatable bonds is 1. The maximum Gasteiger partial charge on any atom is 0.333 e. The molecule has 0 spiro atoms. The van der Waals surface area contributed by atoms with Gasteiger partial charge in [-0.2, -0.15) is 0 Å². The number of hydrogen-bond donors (Lipinski definition) is 0. The summed E-state index contributed by atoms with van der Waals surface area (Å²) in [6, 6.07) is 53.4. The maximum atomic E-state index is 2.78. The second-order valence-electron chi connectivity index (χ2n) is 25.4. The number of thiophene rings is 1. The summed E-state index contributed by atoms with van der Waals surface area (Å²) in [5, 5.41) is 5.49. The van der Waals surface area contributed by atoms with Crippen molar-refractivity contribution in [2.75, 3.05) is 4.81 Å². The van der Waals surface area contributed by atoms with E-state index in [4.69, 9.17) is 0 Å². The lowest BCUT2D eigenvalue weighted by Gasteiger charge is -2.43. The molecule has 0 amide bonds. The first-order chi connectivity index (χ1) is 33.1. The molecule has 0 radical (unpaired) electrons. The summed E-state index contributed by atoms with van der Waals surface area (Å²) >= 11 is 1.99. The van der Waals surface area contributed by atoms with E-state index in [0.29, 0.717) is 0 Å². The van der Waals surface area contributed by atoms with Crippen molar-refractivity contribution >= 4 is 82.5 Å². The SMILES string of the molecule is CC(C)(C)c1ccc(N2B3c4cc5c(cc4-n4c6ccc(C(C)(C)C)cc6c6c7sc8ccccc8c7c(c3c64)-c3cc4c(cc32)C(C)(C)c2ccc(C(C)(C)C)cc2-4)C(C)(C)c2ccccc2-5)cc1. The van der Waals surface area contributed by atoms with Gasteiger partial charge in [-0.3, -0.25) is 0 Å². The van der Waals surface area contributed by atoms with Crippen LogP contribution in [-0.4, -0.2) is 11.4 Å². The maximum absolute atomic E-state index is 2.78. The van der Waals surface area contributed by atoms with Crippen LogP contribution in [-0.2, 0) is 27.1 Å². The predicted octanol–water partition coefficient (Wildman–Crippen LogP) is 16.9. The van der Waals surface area contributed by atoms with Crippen LogP contribution in [0.25, 0.3) is 81.0 Å². The average molecular weight is 925 g/mol. The molecule has 0 saturated carbocycles. The van der Waals surface area contributed by atoms with Gasteiger partial charge in [0.25, 0.3) is 0 Å². The zero-order valence-electron chi connectivity index (χ0n) is 43.1. The van der Waals surface area contributed by atoms with Crippen molar-refractivity contribution in [2.24, 2.45) is 0 Å². The Kier molecular flexibility index (Phi) is 8.10. The molecule has 344 valence electrons. The van der Waals surface area contributed by atoms with Crippen LogP contribution < -0.4 is 15.7 Å². The molecule has 0 N–H and O–H groups in total. The summed E-state index contributed by atoms with van der Waals surface area (Å²) in [4.78, 5) is 2.78. The number of benzene rings is 8. The largest absolute Gasteiger partial charge is 0.376 e. The van der Waals surface area contributed by atoms with Crippen LogP contribution in [0.5, 0.6) is 0 Å². The fourth-order valence-electron chi connectivity index (χ4n) is 13.6. The Balaban J connectivity index is 1.21. The number of fused-ring (bicyclic) bond motifs is 19. The van der Waals surface area contributed by atoms with Crippen molar-refractivity contribution in [3.63, 3.8) is 0 Å². The van der Waals surface area contributed by atoms with E-state index in [2.05, 4.69) is 233 Å². The molecule has 4 aliphatic rings. The van der Waals surface area contributed by atoms with Gasteiger partial charge in [0.2, 0.25) is 0 Å². The van der Waals surface area contributed by atoms with Gasteiger partial charge in [-0.15, -0.1) is 11.3 Å². The number of nitrogens with zero attached hydrogens (tertiary/aromatic N) is 2. The minimum absolute atomic E-state index is 0.0143. The van der Waals surface area contributed by atoms with Gasteiger partial charge in [0.05, 0.1) is 11.0 Å². The van der Waals surface area contributed by atoms with Gasteiger partial charge < -0.3 is 9.38 Å². The Labute approximate surface area is 418 Å². The molecule has 8 aromatic carbocycles. The number of aromatic nitrogens is 1. The molecule has 2 aliphatic heterocycles. The Hall–Kier alpha value is -6.36. The van der Waals surface area contributed by atoms with Gasteiger partial charge in [-0.05, 0) is 142 Å². The molecular formula is C66H61BN2S. The molecule has 2 aromatic heterocycles. The quantitative estimate of drug-likeness (QED) is 0.149. The van der Waals surface area contributed by atoms with Crippen molar-refractivity contribution in [1.29, 1.82) is 0 Å². The predicted molar refractivity (Wildman–Crippen MR) is 304 cm³/mol. The lowest BCUT2D eigenvalue weighted by Crippen LogP contribution is -2.60. The summed E-state index contributed by atoms with van der Waals surface area (Å²) in [6.07, 6.45) is 0. The molecular weight excluding hydrogens is 864 g/mol. The Morgan fingerprint density at radius 2 is 1.06 bits per heavy atom. The third kappa shape index (κ3) is 5.36. The summed E-state index contributed by atoms with van der Waals surface area (Å²) in [6.45, 7) is 30.8. The third-order valence-corrected chi connectivity index (χ3v) is 18.6. The molecule has 2 aliphatic carbocycles. The minimum Gasteiger partial charge on any atom is -0.376 e. The van der Waals surface area contributed by atoms with Crippen LogP contribution in [0.15, 0.2) is 133 Å². The van der Waals surface area contributed by atoms with Crippen LogP contribution in [0.2, 0.25) is 0 Å². The van der Waals surface area contributed by atoms with E-state index >= 15 is 0 Å². The highest BCUT2D eigenvalue weighted by Crippen LogP contribution is 2.58. The molecule has 0 bridgehead atoms. The molecule has 0 unspecified atom stereocenters. The van der Waals surface area contributed by atoms with E-state index < -0.39 is 0 Å². The van der Waals surface area contributed by atoms with Crippen molar-refractivity contribution < 1.29 is 0 Å². The lowest BCUT2D eigenvalue weighted by atomic mass is 9.43. The first-order valence-electron chi connectivity index (χ1n) is 25.6. The smallest absolute Gasteiger partial charge is 0.333 e. The average Bonchev–Trinajstić information content (AvgIpc) is 4.00. The fraction of sp³-hybridized carbons (Fsp3) is 0.273. The molecule has 0 saturated heterocycles. The van der Waals surface area contributed by atoms with Gasteiger partial charge in [-0.25, -0.2) is 0 Å². The van der Waals surface area contributed by atoms with E-state index in [9.17, 15) is 0 Å². The molecule has 10 aromatic rings. The monoisotopic (exact) mass is 924 g/mol. The summed E-state index contributed by atoms with van der Waals surface area (Å²) < 4.78 is 5.46. The summed E-state index contributed by atoms with van der Waals surface area (Å²) in [7, 11) is 0. The number of anilines is 2. The van der Waals surface area contributed by atoms with Crippen molar-refractivity contribution in [1.82, 2.24) is 4.57 Å². The van der Waals surface area contributed by atoms with Gasteiger partial charge in [-0.1, -0.05) is 175 Å². The van der Waals surface area contributed by atoms with Crippen LogP contribution in [0.3, 0.4) is 0 Å². The lowest BCUT2D eigenvalue weighted by molar-refractivity contribution is 0.589. The van der Waals surface area contributed by atoms with Crippen LogP contribution in [0.1, 0.15) is 129 Å².